The van der Waals surface area contributed by atoms with Gasteiger partial charge in [-0.25, -0.2) is 4.68 Å². The third kappa shape index (κ3) is 4.83. The molecule has 1 saturated heterocycles. The van der Waals surface area contributed by atoms with Gasteiger partial charge in [-0.1, -0.05) is 42.3 Å². The predicted octanol–water partition coefficient (Wildman–Crippen LogP) is 5.06. The average Bonchev–Trinajstić information content (AvgIpc) is 3.10. The fraction of sp³-hybridized carbons (Fsp3) is 0.308. The van der Waals surface area contributed by atoms with E-state index in [4.69, 9.17) is 23.2 Å². The highest BCUT2D eigenvalue weighted by Gasteiger charge is 2.42. The van der Waals surface area contributed by atoms with Crippen molar-refractivity contribution in [1.82, 2.24) is 15.1 Å². The fourth-order valence-corrected chi connectivity index (χ4v) is 4.90. The van der Waals surface area contributed by atoms with Gasteiger partial charge in [0.15, 0.2) is 0 Å². The molecule has 2 N–H and O–H groups in total. The number of imide groups is 1. The standard InChI is InChI=1S/C26H26Cl2N4O3/c1-4-26(12-11-23(33)30-25(26)35)17-5-7-18(8-6-17)29-24(34)14-20-15(2)31-32(16(20)3)19-9-10-21(27)22(28)13-19/h5-10,13H,4,11-12,14H2,1-3H3,(H,29,34)(H,30,33,35). The van der Waals surface area contributed by atoms with Crippen molar-refractivity contribution in [3.63, 3.8) is 0 Å². The molecule has 7 nitrogen and oxygen atoms in total. The molecule has 1 atom stereocenters. The van der Waals surface area contributed by atoms with E-state index >= 15 is 0 Å². The zero-order valence-corrected chi connectivity index (χ0v) is 21.3. The minimum absolute atomic E-state index is 0.157. The summed E-state index contributed by atoms with van der Waals surface area (Å²) in [5.41, 5.74) is 3.92. The van der Waals surface area contributed by atoms with Crippen molar-refractivity contribution in [2.75, 3.05) is 5.32 Å². The molecule has 35 heavy (non-hydrogen) atoms. The lowest BCUT2D eigenvalue weighted by atomic mass is 9.72. The third-order valence-electron chi connectivity index (χ3n) is 6.72. The Kier molecular flexibility index (Phi) is 7.01. The van der Waals surface area contributed by atoms with E-state index in [0.717, 1.165) is 28.2 Å². The number of amides is 3. The summed E-state index contributed by atoms with van der Waals surface area (Å²) >= 11 is 12.2. The van der Waals surface area contributed by atoms with Gasteiger partial charge < -0.3 is 5.32 Å². The number of anilines is 1. The Hall–Kier alpha value is -3.16. The molecule has 0 spiro atoms. The first-order valence-electron chi connectivity index (χ1n) is 11.4. The Balaban J connectivity index is 1.48. The number of halogens is 2. The molecule has 2 aromatic carbocycles. The van der Waals surface area contributed by atoms with Crippen LogP contribution in [0.2, 0.25) is 10.0 Å². The minimum atomic E-state index is -0.732. The molecule has 0 bridgehead atoms. The molecular weight excluding hydrogens is 487 g/mol. The number of rotatable bonds is 6. The molecule has 1 aromatic heterocycles. The molecule has 3 aromatic rings. The molecule has 2 heterocycles. The number of benzene rings is 2. The first-order chi connectivity index (χ1) is 16.6. The Morgan fingerprint density at radius 3 is 2.46 bits per heavy atom. The van der Waals surface area contributed by atoms with E-state index in [9.17, 15) is 14.4 Å². The highest BCUT2D eigenvalue weighted by molar-refractivity contribution is 6.42. The van der Waals surface area contributed by atoms with Gasteiger partial charge in [-0.3, -0.25) is 19.7 Å². The van der Waals surface area contributed by atoms with Gasteiger partial charge in [-0.15, -0.1) is 0 Å². The summed E-state index contributed by atoms with van der Waals surface area (Å²) in [7, 11) is 0. The fourth-order valence-electron chi connectivity index (χ4n) is 4.60. The predicted molar refractivity (Wildman–Crippen MR) is 136 cm³/mol. The Morgan fingerprint density at radius 1 is 1.11 bits per heavy atom. The quantitative estimate of drug-likeness (QED) is 0.451. The second kappa shape index (κ2) is 9.84. The van der Waals surface area contributed by atoms with Gasteiger partial charge in [-0.05, 0) is 62.6 Å². The van der Waals surface area contributed by atoms with Crippen LogP contribution in [-0.4, -0.2) is 27.5 Å². The summed E-state index contributed by atoms with van der Waals surface area (Å²) in [6, 6.07) is 12.5. The van der Waals surface area contributed by atoms with Gasteiger partial charge in [0.25, 0.3) is 0 Å². The van der Waals surface area contributed by atoms with Crippen LogP contribution in [-0.2, 0) is 26.2 Å². The van der Waals surface area contributed by atoms with Crippen LogP contribution in [0.5, 0.6) is 0 Å². The van der Waals surface area contributed by atoms with Crippen molar-refractivity contribution in [1.29, 1.82) is 0 Å². The largest absolute Gasteiger partial charge is 0.326 e. The number of aryl methyl sites for hydroxylation is 1. The zero-order valence-electron chi connectivity index (χ0n) is 19.7. The number of hydrogen-bond acceptors (Lipinski definition) is 4. The first-order valence-corrected chi connectivity index (χ1v) is 12.2. The van der Waals surface area contributed by atoms with E-state index in [1.165, 1.54) is 0 Å². The molecule has 0 aliphatic carbocycles. The molecular formula is C26H26Cl2N4O3. The summed E-state index contributed by atoms with van der Waals surface area (Å²) in [6.45, 7) is 5.71. The lowest BCUT2D eigenvalue weighted by molar-refractivity contribution is -0.138. The van der Waals surface area contributed by atoms with Crippen molar-refractivity contribution in [3.05, 3.63) is 75.0 Å². The summed E-state index contributed by atoms with van der Waals surface area (Å²) in [5.74, 6) is -0.683. The van der Waals surface area contributed by atoms with Gasteiger partial charge >= 0.3 is 0 Å². The van der Waals surface area contributed by atoms with E-state index < -0.39 is 5.41 Å². The van der Waals surface area contributed by atoms with E-state index in [2.05, 4.69) is 15.7 Å². The highest BCUT2D eigenvalue weighted by atomic mass is 35.5. The van der Waals surface area contributed by atoms with Gasteiger partial charge in [0.05, 0.1) is 33.3 Å². The zero-order chi connectivity index (χ0) is 25.3. The minimum Gasteiger partial charge on any atom is -0.326 e. The SMILES string of the molecule is CCC1(c2ccc(NC(=O)Cc3c(C)nn(-c4ccc(Cl)c(Cl)c4)c3C)cc2)CCC(=O)NC1=O. The number of aromatic nitrogens is 2. The summed E-state index contributed by atoms with van der Waals surface area (Å²) < 4.78 is 1.75. The summed E-state index contributed by atoms with van der Waals surface area (Å²) in [6.07, 6.45) is 1.53. The normalized spacial score (nSPS) is 17.9. The van der Waals surface area contributed by atoms with Crippen LogP contribution in [0.15, 0.2) is 42.5 Å². The van der Waals surface area contributed by atoms with Crippen molar-refractivity contribution in [3.8, 4) is 5.69 Å². The van der Waals surface area contributed by atoms with Gasteiger partial charge in [-0.2, -0.15) is 5.10 Å². The third-order valence-corrected chi connectivity index (χ3v) is 7.46. The van der Waals surface area contributed by atoms with Crippen molar-refractivity contribution >= 4 is 46.6 Å². The van der Waals surface area contributed by atoms with Gasteiger partial charge in [0.1, 0.15) is 0 Å². The van der Waals surface area contributed by atoms with Crippen molar-refractivity contribution in [2.24, 2.45) is 0 Å². The lowest BCUT2D eigenvalue weighted by Gasteiger charge is -2.35. The van der Waals surface area contributed by atoms with Crippen LogP contribution in [0, 0.1) is 13.8 Å². The molecule has 1 fully saturated rings. The maximum absolute atomic E-state index is 12.8. The number of carbonyl (C=O) groups excluding carboxylic acids is 3. The van der Waals surface area contributed by atoms with E-state index in [-0.39, 0.29) is 24.1 Å². The molecule has 1 unspecified atom stereocenters. The Bertz CT molecular complexity index is 1320. The number of piperidine rings is 1. The van der Waals surface area contributed by atoms with Crippen molar-refractivity contribution < 1.29 is 14.4 Å². The Labute approximate surface area is 213 Å². The van der Waals surface area contributed by atoms with E-state index in [0.29, 0.717) is 35.0 Å². The molecule has 0 saturated carbocycles. The number of nitrogens with one attached hydrogen (secondary N) is 2. The maximum atomic E-state index is 12.8. The van der Waals surface area contributed by atoms with Crippen LogP contribution in [0.25, 0.3) is 5.69 Å². The molecule has 4 rings (SSSR count). The topological polar surface area (TPSA) is 93.1 Å². The van der Waals surface area contributed by atoms with Crippen LogP contribution in [0.1, 0.15) is 48.7 Å². The lowest BCUT2D eigenvalue weighted by Crippen LogP contribution is -2.51. The van der Waals surface area contributed by atoms with E-state index in [1.807, 2.05) is 39.0 Å². The number of carbonyl (C=O) groups is 3. The second-order valence-electron chi connectivity index (χ2n) is 8.77. The molecule has 3 amide bonds. The Morgan fingerprint density at radius 2 is 1.83 bits per heavy atom. The monoisotopic (exact) mass is 512 g/mol. The van der Waals surface area contributed by atoms with Crippen LogP contribution < -0.4 is 10.6 Å². The molecule has 182 valence electrons. The second-order valence-corrected chi connectivity index (χ2v) is 9.59. The summed E-state index contributed by atoms with van der Waals surface area (Å²) in [4.78, 5) is 37.0. The maximum Gasteiger partial charge on any atom is 0.237 e. The smallest absolute Gasteiger partial charge is 0.237 e. The molecule has 1 aliphatic rings. The molecule has 9 heteroatoms. The van der Waals surface area contributed by atoms with Crippen LogP contribution in [0.4, 0.5) is 5.69 Å². The summed E-state index contributed by atoms with van der Waals surface area (Å²) in [5, 5.41) is 10.8. The van der Waals surface area contributed by atoms with Gasteiger partial charge in [0, 0.05) is 23.4 Å². The highest BCUT2D eigenvalue weighted by Crippen LogP contribution is 2.36. The molecule has 1 aliphatic heterocycles. The molecule has 0 radical (unpaired) electrons. The van der Waals surface area contributed by atoms with E-state index in [1.54, 1.807) is 28.9 Å². The van der Waals surface area contributed by atoms with Gasteiger partial charge in [0.2, 0.25) is 17.7 Å². The number of nitrogens with zero attached hydrogens (tertiary/aromatic N) is 2. The van der Waals surface area contributed by atoms with Crippen LogP contribution >= 0.6 is 23.2 Å². The van der Waals surface area contributed by atoms with Crippen molar-refractivity contribution in [2.45, 2.75) is 51.9 Å². The number of hydrogen-bond donors (Lipinski definition) is 2. The first kappa shape index (κ1) is 24.9. The average molecular weight is 513 g/mol. The van der Waals surface area contributed by atoms with Crippen LogP contribution in [0.3, 0.4) is 0 Å².